The van der Waals surface area contributed by atoms with Crippen molar-refractivity contribution in [3.63, 3.8) is 0 Å². The summed E-state index contributed by atoms with van der Waals surface area (Å²) < 4.78 is 10.8. The Labute approximate surface area is 561 Å². The molecule has 5 heteroatoms. The van der Waals surface area contributed by atoms with E-state index in [2.05, 4.69) is 123 Å². The van der Waals surface area contributed by atoms with Crippen molar-refractivity contribution in [1.29, 1.82) is 0 Å². The number of carbonyl (C=O) groups is 2. The molecule has 0 bridgehead atoms. The largest absolute Gasteiger partial charge is 0.462 e. The number of esters is 2. The third-order valence-corrected chi connectivity index (χ3v) is 17.6. The van der Waals surface area contributed by atoms with Gasteiger partial charge >= 0.3 is 11.9 Å². The number of hydrogen-bond acceptors (Lipinski definition) is 5. The van der Waals surface area contributed by atoms with Gasteiger partial charge in [-0.1, -0.05) is 393 Å². The average molecular weight is 1250 g/mol. The predicted molar refractivity (Wildman–Crippen MR) is 399 cm³/mol. The topological polar surface area (TPSA) is 72.8 Å². The van der Waals surface area contributed by atoms with E-state index in [9.17, 15) is 14.7 Å². The van der Waals surface area contributed by atoms with Crippen LogP contribution in [0, 0.1) is 0 Å². The Hall–Kier alpha value is -3.44. The third kappa shape index (κ3) is 77.0. The zero-order valence-electron chi connectivity index (χ0n) is 59.9. The summed E-state index contributed by atoms with van der Waals surface area (Å²) in [4.78, 5) is 24.7. The lowest BCUT2D eigenvalue weighted by Crippen LogP contribution is -2.28. The molecule has 1 N–H and O–H groups in total. The maximum Gasteiger partial charge on any atom is 0.306 e. The average Bonchev–Trinajstić information content (AvgIpc) is 3.58. The molecule has 0 amide bonds. The van der Waals surface area contributed by atoms with Gasteiger partial charge in [0.05, 0.1) is 6.61 Å². The van der Waals surface area contributed by atoms with E-state index in [4.69, 9.17) is 9.47 Å². The molecule has 0 radical (unpaired) electrons. The summed E-state index contributed by atoms with van der Waals surface area (Å²) in [6.45, 7) is 4.06. The molecule has 1 unspecified atom stereocenters. The fraction of sp³-hybridized carbons (Fsp3) is 0.765. The Morgan fingerprint density at radius 1 is 0.267 bits per heavy atom. The molecule has 0 saturated carbocycles. The molecule has 0 spiro atoms. The van der Waals surface area contributed by atoms with Crippen molar-refractivity contribution in [2.24, 2.45) is 0 Å². The van der Waals surface area contributed by atoms with Gasteiger partial charge in [0.1, 0.15) is 6.61 Å². The number of unbranched alkanes of at least 4 members (excludes halogenated alkanes) is 47. The Balaban J connectivity index is 3.41. The number of hydrogen-bond donors (Lipinski definition) is 1. The van der Waals surface area contributed by atoms with Crippen LogP contribution in [0.15, 0.2) is 109 Å². The van der Waals surface area contributed by atoms with E-state index in [1.54, 1.807) is 0 Å². The summed E-state index contributed by atoms with van der Waals surface area (Å²) in [6, 6.07) is 0. The molecule has 0 aromatic heterocycles. The van der Waals surface area contributed by atoms with Gasteiger partial charge in [0.15, 0.2) is 6.10 Å². The fourth-order valence-electron chi connectivity index (χ4n) is 11.7. The Bertz CT molecular complexity index is 1710. The number of allylic oxidation sites excluding steroid dienone is 18. The molecule has 520 valence electrons. The van der Waals surface area contributed by atoms with Crippen LogP contribution < -0.4 is 0 Å². The smallest absolute Gasteiger partial charge is 0.306 e. The lowest BCUT2D eigenvalue weighted by molar-refractivity contribution is -0.161. The van der Waals surface area contributed by atoms with Crippen molar-refractivity contribution in [3.8, 4) is 0 Å². The summed E-state index contributed by atoms with van der Waals surface area (Å²) in [5.41, 5.74) is 0. The highest BCUT2D eigenvalue weighted by atomic mass is 16.6. The van der Waals surface area contributed by atoms with Gasteiger partial charge in [-0.05, 0) is 103 Å². The molecule has 0 aliphatic rings. The molecule has 1 atom stereocenters. The molecule has 0 fully saturated rings. The summed E-state index contributed by atoms with van der Waals surface area (Å²) in [7, 11) is 0. The molecule has 5 nitrogen and oxygen atoms in total. The van der Waals surface area contributed by atoms with Gasteiger partial charge in [0.2, 0.25) is 0 Å². The lowest BCUT2D eigenvalue weighted by Gasteiger charge is -2.15. The second-order valence-electron chi connectivity index (χ2n) is 26.4. The molecular weight excluding hydrogens is 1100 g/mol. The first-order valence-corrected chi connectivity index (χ1v) is 39.4. The molecule has 0 aliphatic heterocycles. The second kappa shape index (κ2) is 79.8. The monoisotopic (exact) mass is 1250 g/mol. The number of ether oxygens (including phenoxy) is 2. The van der Waals surface area contributed by atoms with Crippen LogP contribution in [0.25, 0.3) is 0 Å². The van der Waals surface area contributed by atoms with Crippen LogP contribution in [-0.4, -0.2) is 36.4 Å². The summed E-state index contributed by atoms with van der Waals surface area (Å²) in [5.74, 6) is -0.574. The van der Waals surface area contributed by atoms with Crippen LogP contribution in [0.5, 0.6) is 0 Å². The lowest BCUT2D eigenvalue weighted by atomic mass is 10.0. The maximum atomic E-state index is 12.4. The van der Waals surface area contributed by atoms with E-state index in [1.165, 1.54) is 283 Å². The molecule has 0 heterocycles. The minimum Gasteiger partial charge on any atom is -0.462 e. The highest BCUT2D eigenvalue weighted by Gasteiger charge is 2.16. The molecular formula is C85H150O5. The molecule has 0 aromatic rings. The molecule has 0 aromatic carbocycles. The van der Waals surface area contributed by atoms with Gasteiger partial charge in [-0.15, -0.1) is 0 Å². The summed E-state index contributed by atoms with van der Waals surface area (Å²) >= 11 is 0. The molecule has 0 rings (SSSR count). The zero-order valence-corrected chi connectivity index (χ0v) is 59.9. The van der Waals surface area contributed by atoms with Gasteiger partial charge in [-0.2, -0.15) is 0 Å². The first-order valence-electron chi connectivity index (χ1n) is 39.4. The van der Waals surface area contributed by atoms with Crippen molar-refractivity contribution in [2.75, 3.05) is 13.2 Å². The van der Waals surface area contributed by atoms with Gasteiger partial charge in [0, 0.05) is 12.8 Å². The predicted octanol–water partition coefficient (Wildman–Crippen LogP) is 27.9. The standard InChI is InChI=1S/C85H150O5/c1-3-5-7-9-11-13-15-17-19-21-23-25-27-29-31-33-35-37-39-40-41-42-43-44-46-47-49-51-53-55-57-59-61-63-65-67-69-71-73-75-77-79-84(87)89-82-83(81-86)90-85(88)80-78-76-74-72-70-68-66-64-62-60-58-56-54-52-50-48-45-38-36-34-32-30-28-26-24-22-20-18-16-14-12-10-8-6-4-2/h6,8,12,14-15,17-18,20-21,23-24,26-27,29-30,32,36,38,83,86H,3-5,7,9-11,13,16,19,22,25,28,31,33-35,37,39-82H2,1-2H3/b8-6-,14-12-,17-15-,20-18-,23-21-,26-24-,29-27-,32-30-,38-36-. The Morgan fingerprint density at radius 2 is 0.478 bits per heavy atom. The van der Waals surface area contributed by atoms with Crippen molar-refractivity contribution in [1.82, 2.24) is 0 Å². The van der Waals surface area contributed by atoms with Crippen molar-refractivity contribution in [2.45, 2.75) is 405 Å². The van der Waals surface area contributed by atoms with E-state index < -0.39 is 6.10 Å². The number of aliphatic hydroxyl groups is 1. The van der Waals surface area contributed by atoms with E-state index in [1.807, 2.05) is 0 Å². The van der Waals surface area contributed by atoms with Gasteiger partial charge in [-0.3, -0.25) is 9.59 Å². The first kappa shape index (κ1) is 86.6. The van der Waals surface area contributed by atoms with Crippen molar-refractivity contribution < 1.29 is 24.2 Å². The molecule has 0 saturated heterocycles. The van der Waals surface area contributed by atoms with E-state index >= 15 is 0 Å². The van der Waals surface area contributed by atoms with Gasteiger partial charge in [-0.25, -0.2) is 0 Å². The van der Waals surface area contributed by atoms with E-state index in [-0.39, 0.29) is 25.2 Å². The zero-order chi connectivity index (χ0) is 64.7. The van der Waals surface area contributed by atoms with Gasteiger partial charge in [0.25, 0.3) is 0 Å². The quantitative estimate of drug-likeness (QED) is 0.0373. The van der Waals surface area contributed by atoms with Crippen LogP contribution >= 0.6 is 0 Å². The van der Waals surface area contributed by atoms with Crippen LogP contribution in [-0.2, 0) is 19.1 Å². The molecule has 0 aliphatic carbocycles. The van der Waals surface area contributed by atoms with Crippen LogP contribution in [0.2, 0.25) is 0 Å². The van der Waals surface area contributed by atoms with Gasteiger partial charge < -0.3 is 14.6 Å². The maximum absolute atomic E-state index is 12.4. The van der Waals surface area contributed by atoms with E-state index in [0.29, 0.717) is 12.8 Å². The highest BCUT2D eigenvalue weighted by Crippen LogP contribution is 2.19. The Kier molecular flexibility index (Phi) is 76.7. The fourth-order valence-corrected chi connectivity index (χ4v) is 11.7. The van der Waals surface area contributed by atoms with Crippen molar-refractivity contribution >= 4 is 11.9 Å². The normalized spacial score (nSPS) is 12.8. The highest BCUT2D eigenvalue weighted by molar-refractivity contribution is 5.70. The third-order valence-electron chi connectivity index (χ3n) is 17.6. The minimum atomic E-state index is -0.776. The SMILES string of the molecule is CC/C=C\C/C=C\C/C=C\C/C=C\C/C=C\C/C=C\CCCCCCCCCCCCCCCCCCC(=O)OC(CO)COC(=O)CCCCCCCCCCCCCCCCCCCCCCCCCCCC/C=C\C/C=C\C/C=C\CCCCCCC. The summed E-state index contributed by atoms with van der Waals surface area (Å²) in [5, 5.41) is 9.73. The molecule has 90 heavy (non-hydrogen) atoms. The van der Waals surface area contributed by atoms with Crippen LogP contribution in [0.1, 0.15) is 399 Å². The summed E-state index contributed by atoms with van der Waals surface area (Å²) in [6.07, 6.45) is 116. The number of carbonyl (C=O) groups excluding carboxylic acids is 2. The number of aliphatic hydroxyl groups excluding tert-OH is 1. The van der Waals surface area contributed by atoms with Crippen molar-refractivity contribution in [3.05, 3.63) is 109 Å². The van der Waals surface area contributed by atoms with Crippen LogP contribution in [0.3, 0.4) is 0 Å². The van der Waals surface area contributed by atoms with Crippen LogP contribution in [0.4, 0.5) is 0 Å². The minimum absolute atomic E-state index is 0.0642. The van der Waals surface area contributed by atoms with E-state index in [0.717, 1.165) is 89.9 Å². The Morgan fingerprint density at radius 3 is 0.722 bits per heavy atom. The second-order valence-corrected chi connectivity index (χ2v) is 26.4. The first-order chi connectivity index (χ1) is 44.6. The number of rotatable bonds is 73.